The van der Waals surface area contributed by atoms with Crippen LogP contribution in [-0.4, -0.2) is 22.2 Å². The molecule has 0 spiro atoms. The molecule has 1 heterocycles. The Labute approximate surface area is 195 Å². The Morgan fingerprint density at radius 1 is 0.906 bits per heavy atom. The minimum absolute atomic E-state index is 0.00417. The first-order valence-corrected chi connectivity index (χ1v) is 10.4. The SMILES string of the molecule is COc1ccc(-c2cnc(N)nc2-c2ccc(OCc3ccc(Cl)c(Cl)c3)cc2O)cc1. The van der Waals surface area contributed by atoms with Crippen molar-refractivity contribution in [2.45, 2.75) is 6.61 Å². The van der Waals surface area contributed by atoms with Gasteiger partial charge in [-0.25, -0.2) is 9.97 Å². The summed E-state index contributed by atoms with van der Waals surface area (Å²) in [5, 5.41) is 11.7. The molecule has 0 saturated carbocycles. The van der Waals surface area contributed by atoms with E-state index in [-0.39, 0.29) is 18.3 Å². The summed E-state index contributed by atoms with van der Waals surface area (Å²) in [6.45, 7) is 0.271. The number of ether oxygens (including phenoxy) is 2. The molecule has 0 fully saturated rings. The van der Waals surface area contributed by atoms with Gasteiger partial charge in [0.1, 0.15) is 23.9 Å². The number of nitrogens with zero attached hydrogens (tertiary/aromatic N) is 2. The van der Waals surface area contributed by atoms with Crippen molar-refractivity contribution in [3.8, 4) is 39.6 Å². The summed E-state index contributed by atoms with van der Waals surface area (Å²) < 4.78 is 11.0. The number of phenols is 1. The number of methoxy groups -OCH3 is 1. The second-order valence-corrected chi connectivity index (χ2v) is 7.75. The fraction of sp³-hybridized carbons (Fsp3) is 0.0833. The van der Waals surface area contributed by atoms with Crippen molar-refractivity contribution in [1.82, 2.24) is 9.97 Å². The normalized spacial score (nSPS) is 10.7. The maximum absolute atomic E-state index is 10.7. The molecule has 0 aliphatic carbocycles. The number of hydrogen-bond acceptors (Lipinski definition) is 6. The van der Waals surface area contributed by atoms with E-state index in [2.05, 4.69) is 9.97 Å². The van der Waals surface area contributed by atoms with Crippen LogP contribution in [0, 0.1) is 0 Å². The van der Waals surface area contributed by atoms with E-state index in [1.165, 1.54) is 6.07 Å². The maximum Gasteiger partial charge on any atom is 0.220 e. The van der Waals surface area contributed by atoms with E-state index in [4.69, 9.17) is 38.4 Å². The highest BCUT2D eigenvalue weighted by atomic mass is 35.5. The van der Waals surface area contributed by atoms with Crippen molar-refractivity contribution in [2.75, 3.05) is 12.8 Å². The smallest absolute Gasteiger partial charge is 0.220 e. The van der Waals surface area contributed by atoms with Gasteiger partial charge in [-0.3, -0.25) is 0 Å². The molecule has 4 aromatic rings. The van der Waals surface area contributed by atoms with Gasteiger partial charge in [0, 0.05) is 23.4 Å². The first-order valence-electron chi connectivity index (χ1n) is 9.61. The monoisotopic (exact) mass is 467 g/mol. The number of anilines is 1. The maximum atomic E-state index is 10.7. The Balaban J connectivity index is 1.62. The second-order valence-electron chi connectivity index (χ2n) is 6.94. The summed E-state index contributed by atoms with van der Waals surface area (Å²) in [7, 11) is 1.61. The summed E-state index contributed by atoms with van der Waals surface area (Å²) >= 11 is 12.0. The van der Waals surface area contributed by atoms with Gasteiger partial charge in [0.25, 0.3) is 0 Å². The van der Waals surface area contributed by atoms with E-state index in [1.807, 2.05) is 30.3 Å². The third-order valence-electron chi connectivity index (χ3n) is 4.82. The highest BCUT2D eigenvalue weighted by Crippen LogP contribution is 2.38. The molecule has 3 aromatic carbocycles. The van der Waals surface area contributed by atoms with E-state index in [9.17, 15) is 5.11 Å². The van der Waals surface area contributed by atoms with Crippen molar-refractivity contribution in [3.05, 3.63) is 82.5 Å². The van der Waals surface area contributed by atoms with Crippen molar-refractivity contribution in [2.24, 2.45) is 0 Å². The minimum atomic E-state index is 0.00417. The molecule has 6 nitrogen and oxygen atoms in total. The summed E-state index contributed by atoms with van der Waals surface area (Å²) in [6, 6.07) is 17.8. The number of halogens is 2. The second kappa shape index (κ2) is 9.34. The van der Waals surface area contributed by atoms with Crippen LogP contribution in [0.15, 0.2) is 66.9 Å². The third kappa shape index (κ3) is 4.72. The summed E-state index contributed by atoms with van der Waals surface area (Å²) in [5.41, 5.74) is 9.29. The summed E-state index contributed by atoms with van der Waals surface area (Å²) in [6.07, 6.45) is 1.63. The number of phenolic OH excluding ortho intramolecular Hbond substituents is 1. The summed E-state index contributed by atoms with van der Waals surface area (Å²) in [5.74, 6) is 1.34. The van der Waals surface area contributed by atoms with Gasteiger partial charge in [-0.2, -0.15) is 0 Å². The van der Waals surface area contributed by atoms with E-state index < -0.39 is 0 Å². The van der Waals surface area contributed by atoms with Crippen LogP contribution in [0.3, 0.4) is 0 Å². The van der Waals surface area contributed by atoms with Gasteiger partial charge >= 0.3 is 0 Å². The number of aromatic hydroxyl groups is 1. The van der Waals surface area contributed by atoms with Crippen LogP contribution in [-0.2, 0) is 6.61 Å². The Morgan fingerprint density at radius 2 is 1.66 bits per heavy atom. The molecule has 0 amide bonds. The first-order chi connectivity index (χ1) is 15.4. The third-order valence-corrected chi connectivity index (χ3v) is 5.56. The van der Waals surface area contributed by atoms with Gasteiger partial charge in [-0.15, -0.1) is 0 Å². The highest BCUT2D eigenvalue weighted by Gasteiger charge is 2.15. The molecule has 3 N–H and O–H groups in total. The molecule has 1 aromatic heterocycles. The first kappa shape index (κ1) is 21.7. The average Bonchev–Trinajstić information content (AvgIpc) is 2.80. The molecule has 8 heteroatoms. The van der Waals surface area contributed by atoms with Crippen LogP contribution in [0.4, 0.5) is 5.95 Å². The lowest BCUT2D eigenvalue weighted by atomic mass is 10.00. The van der Waals surface area contributed by atoms with E-state index >= 15 is 0 Å². The van der Waals surface area contributed by atoms with Gasteiger partial charge < -0.3 is 20.3 Å². The Hall–Kier alpha value is -3.48. The molecule has 0 aliphatic heterocycles. The number of nitrogens with two attached hydrogens (primary N) is 1. The molecule has 162 valence electrons. The lowest BCUT2D eigenvalue weighted by Gasteiger charge is -2.13. The zero-order chi connectivity index (χ0) is 22.7. The standard InChI is InChI=1S/C24H19Cl2N3O3/c1-31-16-5-3-15(4-6-16)19-12-28-24(27)29-23(19)18-8-7-17(11-22(18)30)32-13-14-2-9-20(25)21(26)10-14/h2-12,30H,13H2,1H3,(H2,27,28,29). The van der Waals surface area contributed by atoms with Crippen molar-refractivity contribution >= 4 is 29.2 Å². The van der Waals surface area contributed by atoms with Crippen LogP contribution >= 0.6 is 23.2 Å². The molecule has 0 aliphatic rings. The van der Waals surface area contributed by atoms with Gasteiger partial charge in [-0.1, -0.05) is 41.4 Å². The zero-order valence-corrected chi connectivity index (χ0v) is 18.6. The molecular formula is C24H19Cl2N3O3. The van der Waals surface area contributed by atoms with Crippen LogP contribution in [0.25, 0.3) is 22.4 Å². The number of hydrogen-bond donors (Lipinski definition) is 2. The van der Waals surface area contributed by atoms with Gasteiger partial charge in [-0.05, 0) is 47.5 Å². The van der Waals surface area contributed by atoms with Crippen LogP contribution in [0.2, 0.25) is 10.0 Å². The average molecular weight is 468 g/mol. The Kier molecular flexibility index (Phi) is 6.35. The molecule has 0 unspecified atom stereocenters. The summed E-state index contributed by atoms with van der Waals surface area (Å²) in [4.78, 5) is 8.49. The van der Waals surface area contributed by atoms with Crippen molar-refractivity contribution in [3.63, 3.8) is 0 Å². The van der Waals surface area contributed by atoms with Crippen LogP contribution in [0.5, 0.6) is 17.2 Å². The minimum Gasteiger partial charge on any atom is -0.507 e. The van der Waals surface area contributed by atoms with E-state index in [1.54, 1.807) is 37.6 Å². The zero-order valence-electron chi connectivity index (χ0n) is 17.0. The molecule has 4 rings (SSSR count). The van der Waals surface area contributed by atoms with Gasteiger partial charge in [0.05, 0.1) is 22.8 Å². The number of benzene rings is 3. The lowest BCUT2D eigenvalue weighted by molar-refractivity contribution is 0.304. The Bertz CT molecular complexity index is 1260. The number of rotatable bonds is 6. The van der Waals surface area contributed by atoms with Crippen molar-refractivity contribution < 1.29 is 14.6 Å². The molecular weight excluding hydrogens is 449 g/mol. The van der Waals surface area contributed by atoms with E-state index in [0.29, 0.717) is 27.1 Å². The lowest BCUT2D eigenvalue weighted by Crippen LogP contribution is -1.99. The Morgan fingerprint density at radius 3 is 2.34 bits per heavy atom. The fourth-order valence-corrected chi connectivity index (χ4v) is 3.50. The fourth-order valence-electron chi connectivity index (χ4n) is 3.18. The quantitative estimate of drug-likeness (QED) is 0.361. The van der Waals surface area contributed by atoms with Crippen molar-refractivity contribution in [1.29, 1.82) is 0 Å². The number of nitrogen functional groups attached to an aromatic ring is 1. The highest BCUT2D eigenvalue weighted by molar-refractivity contribution is 6.42. The predicted octanol–water partition coefficient (Wildman–Crippen LogP) is 5.99. The molecule has 32 heavy (non-hydrogen) atoms. The molecule has 0 atom stereocenters. The number of aromatic nitrogens is 2. The van der Waals surface area contributed by atoms with Crippen LogP contribution in [0.1, 0.15) is 5.56 Å². The van der Waals surface area contributed by atoms with Gasteiger partial charge in [0.15, 0.2) is 0 Å². The molecule has 0 radical (unpaired) electrons. The van der Waals surface area contributed by atoms with Gasteiger partial charge in [0.2, 0.25) is 5.95 Å². The van der Waals surface area contributed by atoms with Crippen LogP contribution < -0.4 is 15.2 Å². The molecule has 0 saturated heterocycles. The largest absolute Gasteiger partial charge is 0.507 e. The topological polar surface area (TPSA) is 90.5 Å². The predicted molar refractivity (Wildman–Crippen MR) is 126 cm³/mol. The molecule has 0 bridgehead atoms. The van der Waals surface area contributed by atoms with E-state index in [0.717, 1.165) is 22.4 Å².